The number of benzene rings is 2. The van der Waals surface area contributed by atoms with Crippen LogP contribution in [0.5, 0.6) is 5.75 Å². The lowest BCUT2D eigenvalue weighted by Gasteiger charge is -2.38. The molecule has 2 aliphatic rings. The van der Waals surface area contributed by atoms with Crippen molar-refractivity contribution in [2.75, 3.05) is 39.5 Å². The third-order valence-corrected chi connectivity index (χ3v) is 11.5. The van der Waals surface area contributed by atoms with Crippen LogP contribution in [-0.2, 0) is 24.6 Å². The van der Waals surface area contributed by atoms with E-state index in [2.05, 4.69) is 10.3 Å². The summed E-state index contributed by atoms with van der Waals surface area (Å²) in [7, 11) is -8.79. The van der Waals surface area contributed by atoms with Gasteiger partial charge in [-0.15, -0.1) is 0 Å². The number of halogens is 2. The van der Waals surface area contributed by atoms with Crippen molar-refractivity contribution < 1.29 is 45.3 Å². The van der Waals surface area contributed by atoms with Crippen LogP contribution >= 0.6 is 0 Å². The van der Waals surface area contributed by atoms with E-state index in [0.717, 1.165) is 23.0 Å². The number of pyridine rings is 1. The summed E-state index contributed by atoms with van der Waals surface area (Å²) in [5.74, 6) is -0.0286. The quantitative estimate of drug-likeness (QED) is 0.283. The predicted molar refractivity (Wildman–Crippen MR) is 152 cm³/mol. The second-order valence-electron chi connectivity index (χ2n) is 10.8. The van der Waals surface area contributed by atoms with Gasteiger partial charge in [-0.25, -0.2) is 16.8 Å². The van der Waals surface area contributed by atoms with Crippen LogP contribution in [-0.4, -0.2) is 98.8 Å². The molecule has 0 saturated carbocycles. The highest BCUT2D eigenvalue weighted by Gasteiger charge is 2.46. The maximum atomic E-state index is 13.7. The number of alkyl halides is 2. The van der Waals surface area contributed by atoms with Crippen molar-refractivity contribution in [1.29, 1.82) is 0 Å². The Morgan fingerprint density at radius 2 is 1.86 bits per heavy atom. The first-order chi connectivity index (χ1) is 20.4. The number of piperidine rings is 1. The fraction of sp³-hybridized carbons (Fsp3) is 0.464. The zero-order valence-electron chi connectivity index (χ0n) is 23.1. The van der Waals surface area contributed by atoms with Crippen molar-refractivity contribution in [3.05, 3.63) is 60.8 Å². The maximum Gasteiger partial charge on any atom is 0.372 e. The number of sulfonamides is 1. The minimum atomic E-state index is -5.11. The number of ether oxygens (including phenoxy) is 2. The molecule has 0 bridgehead atoms. The van der Waals surface area contributed by atoms with Gasteiger partial charge in [-0.05, 0) is 61.7 Å². The Morgan fingerprint density at radius 3 is 2.60 bits per heavy atom. The monoisotopic (exact) mass is 641 g/mol. The van der Waals surface area contributed by atoms with E-state index in [0.29, 0.717) is 39.0 Å². The highest BCUT2D eigenvalue weighted by Crippen LogP contribution is 2.37. The van der Waals surface area contributed by atoms with Gasteiger partial charge in [-0.1, -0.05) is 12.1 Å². The number of aliphatic hydroxyl groups excluding tert-OH is 2. The first kappa shape index (κ1) is 31.6. The Labute approximate surface area is 248 Å². The molecule has 234 valence electrons. The fourth-order valence-electron chi connectivity index (χ4n) is 5.36. The zero-order valence-corrected chi connectivity index (χ0v) is 24.7. The molecule has 2 aliphatic heterocycles. The molecule has 1 unspecified atom stereocenters. The molecule has 43 heavy (non-hydrogen) atoms. The van der Waals surface area contributed by atoms with Gasteiger partial charge in [0.2, 0.25) is 19.9 Å². The molecule has 2 saturated heterocycles. The van der Waals surface area contributed by atoms with Crippen LogP contribution in [0.25, 0.3) is 10.9 Å². The van der Waals surface area contributed by atoms with Gasteiger partial charge in [0.15, 0.2) is 0 Å². The molecule has 15 heteroatoms. The second kappa shape index (κ2) is 12.3. The smallest absolute Gasteiger partial charge is 0.372 e. The number of rotatable bonds is 11. The molecule has 2 atom stereocenters. The highest BCUT2D eigenvalue weighted by atomic mass is 32.2. The van der Waals surface area contributed by atoms with Crippen molar-refractivity contribution in [1.82, 2.24) is 14.6 Å². The van der Waals surface area contributed by atoms with E-state index >= 15 is 0 Å². The van der Waals surface area contributed by atoms with Crippen molar-refractivity contribution in [3.8, 4) is 5.75 Å². The van der Waals surface area contributed by atoms with Gasteiger partial charge >= 0.3 is 5.25 Å². The number of fused-ring (bicyclic) bond motifs is 1. The molecule has 2 aromatic carbocycles. The Kier molecular flexibility index (Phi) is 9.05. The second-order valence-corrected chi connectivity index (χ2v) is 14.8. The van der Waals surface area contributed by atoms with Crippen LogP contribution in [0.1, 0.15) is 19.3 Å². The number of hydrogen-bond donors (Lipinski definition) is 3. The molecular formula is C28H33F2N3O8S2. The summed E-state index contributed by atoms with van der Waals surface area (Å²) in [6.45, 7) is -0.939. The molecule has 1 aromatic heterocycles. The van der Waals surface area contributed by atoms with Gasteiger partial charge in [-0.3, -0.25) is 4.98 Å². The van der Waals surface area contributed by atoms with E-state index in [1.165, 1.54) is 16.4 Å². The summed E-state index contributed by atoms with van der Waals surface area (Å²) >= 11 is 0. The molecule has 0 amide bonds. The summed E-state index contributed by atoms with van der Waals surface area (Å²) in [5, 5.41) is 18.8. The lowest BCUT2D eigenvalue weighted by molar-refractivity contribution is -0.0312. The summed E-state index contributed by atoms with van der Waals surface area (Å²) in [6, 6.07) is 12.9. The minimum absolute atomic E-state index is 0.0286. The molecule has 11 nitrogen and oxygen atoms in total. The summed E-state index contributed by atoms with van der Waals surface area (Å²) in [4.78, 5) is 3.76. The van der Waals surface area contributed by atoms with E-state index < -0.39 is 48.3 Å². The van der Waals surface area contributed by atoms with Crippen molar-refractivity contribution >= 4 is 30.8 Å². The molecule has 0 radical (unpaired) electrons. The first-order valence-electron chi connectivity index (χ1n) is 13.7. The molecule has 0 aliphatic carbocycles. The third-order valence-electron chi connectivity index (χ3n) is 7.83. The number of nitrogens with one attached hydrogen (secondary N) is 1. The van der Waals surface area contributed by atoms with Crippen molar-refractivity contribution in [3.63, 3.8) is 0 Å². The summed E-state index contributed by atoms with van der Waals surface area (Å²) in [6.07, 6.45) is 2.35. The lowest BCUT2D eigenvalue weighted by atomic mass is 9.88. The van der Waals surface area contributed by atoms with Crippen molar-refractivity contribution in [2.45, 2.75) is 52.1 Å². The molecule has 5 rings (SSSR count). The average molecular weight is 642 g/mol. The molecular weight excluding hydrogens is 608 g/mol. The number of aliphatic hydroxyl groups is 2. The van der Waals surface area contributed by atoms with Crippen molar-refractivity contribution in [2.24, 2.45) is 0 Å². The Balaban J connectivity index is 1.09. The molecule has 2 fully saturated rings. The average Bonchev–Trinajstić information content (AvgIpc) is 3.40. The normalized spacial score (nSPS) is 20.4. The third kappa shape index (κ3) is 6.67. The predicted octanol–water partition coefficient (Wildman–Crippen LogP) is 1.94. The van der Waals surface area contributed by atoms with Crippen LogP contribution in [0, 0.1) is 0 Å². The SMILES string of the molecule is O=S(=O)(c1ccc2ncccc2c1)N1CCC2(CC1)C[C@@H](NCC(O)COc1cccc(S(=O)(=O)C(F)(F)CO)c1)CO2. The van der Waals surface area contributed by atoms with Gasteiger partial charge in [-0.2, -0.15) is 13.1 Å². The zero-order chi connectivity index (χ0) is 30.9. The first-order valence-corrected chi connectivity index (χ1v) is 16.6. The lowest BCUT2D eigenvalue weighted by Crippen LogP contribution is -2.47. The molecule has 3 N–H and O–H groups in total. The Morgan fingerprint density at radius 1 is 1.09 bits per heavy atom. The number of hydrogen-bond acceptors (Lipinski definition) is 10. The largest absolute Gasteiger partial charge is 0.491 e. The van der Waals surface area contributed by atoms with E-state index in [9.17, 15) is 30.7 Å². The van der Waals surface area contributed by atoms with Gasteiger partial charge in [0.05, 0.1) is 27.5 Å². The van der Waals surface area contributed by atoms with Gasteiger partial charge in [0.1, 0.15) is 25.1 Å². The molecule has 1 spiro atoms. The Hall–Kier alpha value is -2.79. The fourth-order valence-corrected chi connectivity index (χ4v) is 7.88. The Bertz CT molecular complexity index is 1670. The minimum Gasteiger partial charge on any atom is -0.491 e. The number of aromatic nitrogens is 1. The van der Waals surface area contributed by atoms with E-state index in [1.54, 1.807) is 30.5 Å². The van der Waals surface area contributed by atoms with E-state index in [1.807, 2.05) is 6.07 Å². The van der Waals surface area contributed by atoms with Crippen LogP contribution in [0.15, 0.2) is 70.6 Å². The highest BCUT2D eigenvalue weighted by molar-refractivity contribution is 7.92. The van der Waals surface area contributed by atoms with E-state index in [4.69, 9.17) is 14.6 Å². The number of sulfone groups is 1. The molecule has 3 aromatic rings. The van der Waals surface area contributed by atoms with Crippen LogP contribution in [0.3, 0.4) is 0 Å². The van der Waals surface area contributed by atoms with Crippen LogP contribution in [0.4, 0.5) is 8.78 Å². The molecule has 3 heterocycles. The maximum absolute atomic E-state index is 13.7. The summed E-state index contributed by atoms with van der Waals surface area (Å²) in [5.41, 5.74) is 0.251. The van der Waals surface area contributed by atoms with Gasteiger partial charge in [0.25, 0.3) is 0 Å². The standard InChI is InChI=1S/C28H33F2N3O8S2/c29-28(30,19-34)42(36,37)24-5-1-4-23(14-24)40-18-22(35)16-32-21-15-27(41-17-21)8-11-33(12-9-27)43(38,39)25-6-7-26-20(13-25)3-2-10-31-26/h1-7,10,13-14,21-22,32,34-35H,8-9,11-12,15-19H2/t21-,22?/m1/s1. The topological polar surface area (TPSA) is 155 Å². The summed E-state index contributed by atoms with van der Waals surface area (Å²) < 4.78 is 91.1. The van der Waals surface area contributed by atoms with E-state index in [-0.39, 0.29) is 29.8 Å². The number of nitrogens with zero attached hydrogens (tertiary/aromatic N) is 2. The van der Waals surface area contributed by atoms with Gasteiger partial charge < -0.3 is 25.0 Å². The van der Waals surface area contributed by atoms with Crippen LogP contribution in [0.2, 0.25) is 0 Å². The van der Waals surface area contributed by atoms with Gasteiger partial charge in [0, 0.05) is 37.3 Å². The van der Waals surface area contributed by atoms with Crippen LogP contribution < -0.4 is 10.1 Å².